The van der Waals surface area contributed by atoms with Crippen molar-refractivity contribution in [1.82, 2.24) is 9.97 Å². The van der Waals surface area contributed by atoms with Gasteiger partial charge in [-0.25, -0.2) is 9.97 Å². The van der Waals surface area contributed by atoms with E-state index in [1.165, 1.54) is 0 Å². The van der Waals surface area contributed by atoms with E-state index < -0.39 is 11.9 Å². The number of hydrogen-bond donors (Lipinski definition) is 2. The van der Waals surface area contributed by atoms with Crippen LogP contribution in [-0.4, -0.2) is 28.2 Å². The molecule has 4 nitrogen and oxygen atoms in total. The quantitative estimate of drug-likeness (QED) is 0.885. The molecule has 0 aliphatic heterocycles. The van der Waals surface area contributed by atoms with E-state index in [1.807, 2.05) is 0 Å². The van der Waals surface area contributed by atoms with Crippen LogP contribution in [0, 0.1) is 11.8 Å². The number of nitrogens with one attached hydrogen (secondary N) is 1. The molecule has 0 spiro atoms. The Morgan fingerprint density at radius 1 is 1.32 bits per heavy atom. The lowest BCUT2D eigenvalue weighted by atomic mass is 9.97. The van der Waals surface area contributed by atoms with Gasteiger partial charge in [0.1, 0.15) is 5.69 Å². The van der Waals surface area contributed by atoms with E-state index >= 15 is 0 Å². The molecule has 1 aliphatic carbocycles. The zero-order chi connectivity index (χ0) is 13.9. The minimum absolute atomic E-state index is 0.0154. The molecule has 1 aromatic heterocycles. The average molecular weight is 275 g/mol. The van der Waals surface area contributed by atoms with Gasteiger partial charge >= 0.3 is 6.18 Å². The first-order chi connectivity index (χ1) is 9.00. The number of aromatic nitrogens is 2. The van der Waals surface area contributed by atoms with Gasteiger partial charge in [0, 0.05) is 19.3 Å². The Hall–Kier alpha value is -1.37. The minimum Gasteiger partial charge on any atom is -0.396 e. The first-order valence-electron chi connectivity index (χ1n) is 6.25. The van der Waals surface area contributed by atoms with Crippen LogP contribution in [0.2, 0.25) is 0 Å². The van der Waals surface area contributed by atoms with Crippen LogP contribution in [0.3, 0.4) is 0 Å². The standard InChI is InChI=1S/C12H16F3N3O/c13-12(14,15)10-4-5-16-11(18-10)17-6-8-2-1-3-9(8)7-19/h4-5,8-9,19H,1-3,6-7H2,(H,16,17,18). The van der Waals surface area contributed by atoms with Crippen LogP contribution in [0.5, 0.6) is 0 Å². The summed E-state index contributed by atoms with van der Waals surface area (Å²) in [6.45, 7) is 0.613. The van der Waals surface area contributed by atoms with Gasteiger partial charge in [-0.15, -0.1) is 0 Å². The van der Waals surface area contributed by atoms with Crippen LogP contribution in [-0.2, 0) is 6.18 Å². The zero-order valence-electron chi connectivity index (χ0n) is 10.3. The first-order valence-corrected chi connectivity index (χ1v) is 6.25. The molecule has 1 aromatic rings. The Labute approximate surface area is 109 Å². The SMILES string of the molecule is OCC1CCCC1CNc1nccc(C(F)(F)F)n1. The second-order valence-corrected chi connectivity index (χ2v) is 4.78. The Balaban J connectivity index is 1.96. The van der Waals surface area contributed by atoms with Crippen LogP contribution in [0.15, 0.2) is 12.3 Å². The van der Waals surface area contributed by atoms with Gasteiger partial charge in [0.05, 0.1) is 0 Å². The van der Waals surface area contributed by atoms with Crippen molar-refractivity contribution in [3.63, 3.8) is 0 Å². The van der Waals surface area contributed by atoms with E-state index in [2.05, 4.69) is 15.3 Å². The number of nitrogens with zero attached hydrogens (tertiary/aromatic N) is 2. The minimum atomic E-state index is -4.46. The molecule has 106 valence electrons. The van der Waals surface area contributed by atoms with E-state index in [4.69, 9.17) is 0 Å². The van der Waals surface area contributed by atoms with Gasteiger partial charge in [-0.05, 0) is 30.7 Å². The number of aliphatic hydroxyl groups is 1. The van der Waals surface area contributed by atoms with Crippen molar-refractivity contribution in [1.29, 1.82) is 0 Å². The smallest absolute Gasteiger partial charge is 0.396 e. The molecule has 0 aromatic carbocycles. The first kappa shape index (κ1) is 14.0. The fraction of sp³-hybridized carbons (Fsp3) is 0.667. The lowest BCUT2D eigenvalue weighted by Crippen LogP contribution is -2.22. The van der Waals surface area contributed by atoms with Gasteiger partial charge in [0.15, 0.2) is 0 Å². The third-order valence-electron chi connectivity index (χ3n) is 3.52. The molecule has 2 unspecified atom stereocenters. The topological polar surface area (TPSA) is 58.0 Å². The lowest BCUT2D eigenvalue weighted by Gasteiger charge is -2.17. The van der Waals surface area contributed by atoms with Crippen LogP contribution in [0.4, 0.5) is 19.1 Å². The van der Waals surface area contributed by atoms with Gasteiger partial charge in [0.2, 0.25) is 5.95 Å². The molecule has 1 heterocycles. The summed E-state index contributed by atoms with van der Waals surface area (Å²) in [6.07, 6.45) is -0.388. The number of rotatable bonds is 4. The van der Waals surface area contributed by atoms with Crippen molar-refractivity contribution in [2.24, 2.45) is 11.8 Å². The summed E-state index contributed by atoms with van der Waals surface area (Å²) in [4.78, 5) is 7.23. The normalized spacial score (nSPS) is 23.6. The summed E-state index contributed by atoms with van der Waals surface area (Å²) >= 11 is 0. The van der Waals surface area contributed by atoms with E-state index in [-0.39, 0.29) is 24.4 Å². The Bertz CT molecular complexity index is 425. The van der Waals surface area contributed by atoms with Crippen molar-refractivity contribution in [2.45, 2.75) is 25.4 Å². The summed E-state index contributed by atoms with van der Waals surface area (Å²) < 4.78 is 37.4. The van der Waals surface area contributed by atoms with Gasteiger partial charge in [-0.3, -0.25) is 0 Å². The number of aliphatic hydroxyl groups excluding tert-OH is 1. The second-order valence-electron chi connectivity index (χ2n) is 4.78. The van der Waals surface area contributed by atoms with E-state index in [0.29, 0.717) is 6.54 Å². The van der Waals surface area contributed by atoms with Crippen molar-refractivity contribution in [2.75, 3.05) is 18.5 Å². The van der Waals surface area contributed by atoms with Gasteiger partial charge in [0.25, 0.3) is 0 Å². The zero-order valence-corrected chi connectivity index (χ0v) is 10.3. The van der Waals surface area contributed by atoms with Gasteiger partial charge in [-0.1, -0.05) is 6.42 Å². The van der Waals surface area contributed by atoms with E-state index in [1.54, 1.807) is 0 Å². The molecule has 0 bridgehead atoms. The largest absolute Gasteiger partial charge is 0.433 e. The number of halogens is 3. The Morgan fingerprint density at radius 3 is 2.74 bits per heavy atom. The third kappa shape index (κ3) is 3.56. The molecule has 0 saturated heterocycles. The van der Waals surface area contributed by atoms with Crippen molar-refractivity contribution >= 4 is 5.95 Å². The number of hydrogen-bond acceptors (Lipinski definition) is 4. The van der Waals surface area contributed by atoms with Crippen LogP contribution < -0.4 is 5.32 Å². The van der Waals surface area contributed by atoms with E-state index in [9.17, 15) is 18.3 Å². The summed E-state index contributed by atoms with van der Waals surface area (Å²) in [5.41, 5.74) is -0.949. The lowest BCUT2D eigenvalue weighted by molar-refractivity contribution is -0.141. The summed E-state index contributed by atoms with van der Waals surface area (Å²) in [5.74, 6) is 0.472. The molecule has 1 saturated carbocycles. The fourth-order valence-electron chi connectivity index (χ4n) is 2.45. The molecule has 2 rings (SSSR count). The molecule has 19 heavy (non-hydrogen) atoms. The van der Waals surface area contributed by atoms with Crippen molar-refractivity contribution in [3.8, 4) is 0 Å². The predicted octanol–water partition coefficient (Wildman–Crippen LogP) is 2.32. The summed E-state index contributed by atoms with van der Waals surface area (Å²) in [6, 6.07) is 0.845. The van der Waals surface area contributed by atoms with Crippen molar-refractivity contribution in [3.05, 3.63) is 18.0 Å². The highest BCUT2D eigenvalue weighted by atomic mass is 19.4. The second kappa shape index (κ2) is 5.73. The molecular weight excluding hydrogens is 259 g/mol. The molecule has 2 atom stereocenters. The third-order valence-corrected chi connectivity index (χ3v) is 3.52. The van der Waals surface area contributed by atoms with Crippen LogP contribution >= 0.6 is 0 Å². The van der Waals surface area contributed by atoms with Crippen molar-refractivity contribution < 1.29 is 18.3 Å². The van der Waals surface area contributed by atoms with Crippen LogP contribution in [0.25, 0.3) is 0 Å². The summed E-state index contributed by atoms with van der Waals surface area (Å²) in [7, 11) is 0. The predicted molar refractivity (Wildman–Crippen MR) is 63.4 cm³/mol. The molecule has 0 radical (unpaired) electrons. The fourth-order valence-corrected chi connectivity index (χ4v) is 2.45. The van der Waals surface area contributed by atoms with Gasteiger partial charge in [-0.2, -0.15) is 13.2 Å². The highest BCUT2D eigenvalue weighted by Gasteiger charge is 2.33. The van der Waals surface area contributed by atoms with E-state index in [0.717, 1.165) is 31.5 Å². The highest BCUT2D eigenvalue weighted by Crippen LogP contribution is 2.31. The maximum Gasteiger partial charge on any atom is 0.433 e. The highest BCUT2D eigenvalue weighted by molar-refractivity contribution is 5.26. The monoisotopic (exact) mass is 275 g/mol. The van der Waals surface area contributed by atoms with Gasteiger partial charge < -0.3 is 10.4 Å². The molecule has 1 aliphatic rings. The number of anilines is 1. The Kier molecular flexibility index (Phi) is 4.24. The summed E-state index contributed by atoms with van der Waals surface area (Å²) in [5, 5.41) is 12.0. The molecule has 1 fully saturated rings. The average Bonchev–Trinajstić information content (AvgIpc) is 2.83. The maximum absolute atomic E-state index is 12.5. The molecule has 2 N–H and O–H groups in total. The molecule has 7 heteroatoms. The molecular formula is C12H16F3N3O. The van der Waals surface area contributed by atoms with Crippen LogP contribution in [0.1, 0.15) is 25.0 Å². The molecule has 0 amide bonds. The number of alkyl halides is 3. The maximum atomic E-state index is 12.5. The Morgan fingerprint density at radius 2 is 2.05 bits per heavy atom.